The Morgan fingerprint density at radius 1 is 1.00 bits per heavy atom. The molecule has 0 fully saturated rings. The van der Waals surface area contributed by atoms with Gasteiger partial charge in [-0.15, -0.1) is 0 Å². The minimum Gasteiger partial charge on any atom is -0.323 e. The van der Waals surface area contributed by atoms with Crippen LogP contribution in [-0.2, 0) is 17.4 Å². The van der Waals surface area contributed by atoms with E-state index in [4.69, 9.17) is 11.6 Å². The monoisotopic (exact) mass is 441 g/mol. The predicted octanol–water partition coefficient (Wildman–Crippen LogP) is 6.15. The minimum atomic E-state index is -4.44. The van der Waals surface area contributed by atoms with Crippen LogP contribution >= 0.6 is 11.6 Å². The topological polar surface area (TPSA) is 54.9 Å². The quantitative estimate of drug-likeness (QED) is 0.386. The van der Waals surface area contributed by atoms with Crippen molar-refractivity contribution in [2.45, 2.75) is 12.6 Å². The average molecular weight is 442 g/mol. The lowest BCUT2D eigenvalue weighted by Gasteiger charge is -2.11. The molecule has 4 rings (SSSR count). The maximum absolute atomic E-state index is 13.1. The highest BCUT2D eigenvalue weighted by molar-refractivity contribution is 6.32. The number of halogens is 4. The number of nitrogens with one attached hydrogen (secondary N) is 1. The van der Waals surface area contributed by atoms with Crippen molar-refractivity contribution >= 4 is 34.1 Å². The molecule has 1 N–H and O–H groups in total. The number of hydrogen-bond donors (Lipinski definition) is 1. The zero-order chi connectivity index (χ0) is 22.0. The van der Waals surface area contributed by atoms with E-state index < -0.39 is 11.7 Å². The third-order valence-corrected chi connectivity index (χ3v) is 4.97. The summed E-state index contributed by atoms with van der Waals surface area (Å²) < 4.78 is 39.2. The number of rotatable bonds is 4. The number of nitrogens with zero attached hydrogens (tertiary/aromatic N) is 2. The number of aromatic nitrogens is 2. The third kappa shape index (κ3) is 4.67. The zero-order valence-corrected chi connectivity index (χ0v) is 16.7. The number of pyridine rings is 2. The van der Waals surface area contributed by atoms with Crippen LogP contribution in [0.15, 0.2) is 72.9 Å². The SMILES string of the molecule is O=C(Cc1cccc2ccc(-c3cccc(C(F)(F)F)c3)nc12)Nc1cccnc1Cl. The summed E-state index contributed by atoms with van der Waals surface area (Å²) in [5.41, 5.74) is 1.58. The molecule has 0 saturated heterocycles. The summed E-state index contributed by atoms with van der Waals surface area (Å²) in [7, 11) is 0. The highest BCUT2D eigenvalue weighted by Gasteiger charge is 2.30. The molecule has 0 unspecified atom stereocenters. The van der Waals surface area contributed by atoms with Crippen molar-refractivity contribution in [1.29, 1.82) is 0 Å². The van der Waals surface area contributed by atoms with Crippen molar-refractivity contribution in [3.8, 4) is 11.3 Å². The first-order chi connectivity index (χ1) is 14.8. The van der Waals surface area contributed by atoms with Crippen LogP contribution in [0, 0.1) is 0 Å². The first-order valence-corrected chi connectivity index (χ1v) is 9.66. The number of hydrogen-bond acceptors (Lipinski definition) is 3. The Bertz CT molecular complexity index is 1270. The maximum atomic E-state index is 13.1. The molecule has 0 aliphatic rings. The smallest absolute Gasteiger partial charge is 0.323 e. The van der Waals surface area contributed by atoms with Gasteiger partial charge in [0.15, 0.2) is 5.15 Å². The lowest BCUT2D eigenvalue weighted by molar-refractivity contribution is -0.137. The van der Waals surface area contributed by atoms with E-state index in [0.29, 0.717) is 28.0 Å². The van der Waals surface area contributed by atoms with Crippen molar-refractivity contribution in [1.82, 2.24) is 9.97 Å². The fourth-order valence-corrected chi connectivity index (χ4v) is 3.38. The molecule has 0 aliphatic heterocycles. The number of benzene rings is 2. The van der Waals surface area contributed by atoms with Gasteiger partial charge in [0.05, 0.1) is 28.9 Å². The fraction of sp³-hybridized carbons (Fsp3) is 0.0870. The average Bonchev–Trinajstić information content (AvgIpc) is 2.75. The molecule has 1 amide bonds. The summed E-state index contributed by atoms with van der Waals surface area (Å²) in [6.07, 6.45) is -2.91. The third-order valence-electron chi connectivity index (χ3n) is 4.67. The molecule has 2 aromatic carbocycles. The van der Waals surface area contributed by atoms with E-state index in [1.807, 2.05) is 6.07 Å². The molecule has 4 aromatic rings. The zero-order valence-electron chi connectivity index (χ0n) is 15.9. The van der Waals surface area contributed by atoms with Gasteiger partial charge in [0.1, 0.15) is 0 Å². The molecule has 0 spiro atoms. The molecule has 0 saturated carbocycles. The molecule has 4 nitrogen and oxygen atoms in total. The Balaban J connectivity index is 1.67. The summed E-state index contributed by atoms with van der Waals surface area (Å²) in [4.78, 5) is 21.0. The largest absolute Gasteiger partial charge is 0.416 e. The Labute approximate surface area is 180 Å². The van der Waals surface area contributed by atoms with Crippen LogP contribution in [-0.4, -0.2) is 15.9 Å². The molecule has 2 aromatic heterocycles. The van der Waals surface area contributed by atoms with Crippen molar-refractivity contribution in [2.75, 3.05) is 5.32 Å². The van der Waals surface area contributed by atoms with Gasteiger partial charge < -0.3 is 5.32 Å². The molecule has 0 atom stereocenters. The van der Waals surface area contributed by atoms with E-state index in [1.54, 1.807) is 42.5 Å². The summed E-state index contributed by atoms with van der Waals surface area (Å²) in [5, 5.41) is 3.67. The molecule has 0 bridgehead atoms. The van der Waals surface area contributed by atoms with Crippen molar-refractivity contribution in [3.05, 3.63) is 89.2 Å². The highest BCUT2D eigenvalue weighted by Crippen LogP contribution is 2.32. The first-order valence-electron chi connectivity index (χ1n) is 9.28. The van der Waals surface area contributed by atoms with E-state index >= 15 is 0 Å². The van der Waals surface area contributed by atoms with Crippen LogP contribution in [0.1, 0.15) is 11.1 Å². The molecule has 8 heteroatoms. The number of para-hydroxylation sites is 1. The van der Waals surface area contributed by atoms with Crippen LogP contribution in [0.5, 0.6) is 0 Å². The minimum absolute atomic E-state index is 0.0155. The van der Waals surface area contributed by atoms with Crippen molar-refractivity contribution < 1.29 is 18.0 Å². The van der Waals surface area contributed by atoms with Crippen LogP contribution in [0.3, 0.4) is 0 Å². The predicted molar refractivity (Wildman–Crippen MR) is 114 cm³/mol. The number of amides is 1. The van der Waals surface area contributed by atoms with E-state index in [1.165, 1.54) is 12.3 Å². The van der Waals surface area contributed by atoms with E-state index in [-0.39, 0.29) is 17.5 Å². The first kappa shape index (κ1) is 20.8. The summed E-state index contributed by atoms with van der Waals surface area (Å²) in [5.74, 6) is -0.311. The van der Waals surface area contributed by atoms with E-state index in [9.17, 15) is 18.0 Å². The van der Waals surface area contributed by atoms with Crippen molar-refractivity contribution in [3.63, 3.8) is 0 Å². The Morgan fingerprint density at radius 2 is 1.81 bits per heavy atom. The van der Waals surface area contributed by atoms with Gasteiger partial charge >= 0.3 is 6.18 Å². The molecule has 31 heavy (non-hydrogen) atoms. The Kier molecular flexibility index (Phi) is 5.61. The lowest BCUT2D eigenvalue weighted by atomic mass is 10.0. The second kappa shape index (κ2) is 8.35. The number of fused-ring (bicyclic) bond motifs is 1. The van der Waals surface area contributed by atoms with Crippen LogP contribution in [0.4, 0.5) is 18.9 Å². The standard InChI is InChI=1S/C23H15ClF3N3O/c24-22-19(8-3-11-28-22)29-20(31)13-16-6-1-4-14-9-10-18(30-21(14)16)15-5-2-7-17(12-15)23(25,26)27/h1-12H,13H2,(H,29,31). The Hall–Kier alpha value is -3.45. The van der Waals surface area contributed by atoms with Crippen LogP contribution in [0.2, 0.25) is 5.15 Å². The molecule has 2 heterocycles. The van der Waals surface area contributed by atoms with E-state index in [0.717, 1.165) is 17.5 Å². The molecule has 0 aliphatic carbocycles. The van der Waals surface area contributed by atoms with Gasteiger partial charge in [-0.25, -0.2) is 9.97 Å². The number of carbonyl (C=O) groups is 1. The van der Waals surface area contributed by atoms with Gasteiger partial charge in [0.2, 0.25) is 5.91 Å². The normalized spacial score (nSPS) is 11.5. The summed E-state index contributed by atoms with van der Waals surface area (Å²) in [6.45, 7) is 0. The second-order valence-corrected chi connectivity index (χ2v) is 7.19. The molecular formula is C23H15ClF3N3O. The summed E-state index contributed by atoms with van der Waals surface area (Å²) in [6, 6.07) is 17.1. The van der Waals surface area contributed by atoms with Crippen molar-refractivity contribution in [2.24, 2.45) is 0 Å². The summed E-state index contributed by atoms with van der Waals surface area (Å²) >= 11 is 5.98. The molecule has 156 valence electrons. The fourth-order valence-electron chi connectivity index (χ4n) is 3.21. The second-order valence-electron chi connectivity index (χ2n) is 6.83. The number of alkyl halides is 3. The van der Waals surface area contributed by atoms with Gasteiger partial charge in [-0.3, -0.25) is 4.79 Å². The van der Waals surface area contributed by atoms with Crippen LogP contribution < -0.4 is 5.32 Å². The van der Waals surface area contributed by atoms with E-state index in [2.05, 4.69) is 15.3 Å². The Morgan fingerprint density at radius 3 is 2.58 bits per heavy atom. The highest BCUT2D eigenvalue weighted by atomic mass is 35.5. The van der Waals surface area contributed by atoms with Gasteiger partial charge in [0.25, 0.3) is 0 Å². The number of anilines is 1. The van der Waals surface area contributed by atoms with Gasteiger partial charge in [-0.05, 0) is 35.9 Å². The lowest BCUT2D eigenvalue weighted by Crippen LogP contribution is -2.15. The van der Waals surface area contributed by atoms with Crippen LogP contribution in [0.25, 0.3) is 22.2 Å². The molecular weight excluding hydrogens is 427 g/mol. The molecule has 0 radical (unpaired) electrons. The number of carbonyl (C=O) groups excluding carboxylic acids is 1. The maximum Gasteiger partial charge on any atom is 0.416 e. The van der Waals surface area contributed by atoms with Gasteiger partial charge in [0, 0.05) is 17.1 Å². The van der Waals surface area contributed by atoms with Gasteiger partial charge in [-0.1, -0.05) is 48.0 Å². The van der Waals surface area contributed by atoms with Gasteiger partial charge in [-0.2, -0.15) is 13.2 Å².